The third-order valence-electron chi connectivity index (χ3n) is 4.50. The average molecular weight is 350 g/mol. The lowest BCUT2D eigenvalue weighted by atomic mass is 10.0. The van der Waals surface area contributed by atoms with Gasteiger partial charge in [0.1, 0.15) is 5.70 Å². The van der Waals surface area contributed by atoms with E-state index in [0.717, 1.165) is 13.1 Å². The first-order valence-electron chi connectivity index (χ1n) is 7.93. The molecule has 1 N–H and O–H groups in total. The van der Waals surface area contributed by atoms with Crippen LogP contribution in [0.5, 0.6) is 0 Å². The number of hydrogen-bond acceptors (Lipinski definition) is 5. The van der Waals surface area contributed by atoms with Gasteiger partial charge in [0.25, 0.3) is 11.8 Å². The molecule has 2 aliphatic heterocycles. The highest BCUT2D eigenvalue weighted by Gasteiger charge is 2.40. The van der Waals surface area contributed by atoms with E-state index < -0.39 is 0 Å². The minimum atomic E-state index is -0.282. The second kappa shape index (κ2) is 6.93. The maximum absolute atomic E-state index is 12.6. The van der Waals surface area contributed by atoms with E-state index in [4.69, 9.17) is 16.7 Å². The van der Waals surface area contributed by atoms with E-state index >= 15 is 0 Å². The first-order valence-corrected chi connectivity index (χ1v) is 8.31. The summed E-state index contributed by atoms with van der Waals surface area (Å²) in [6, 6.07) is 6.97. The molecular weight excluding hydrogens is 330 g/mol. The number of carbonyl (C=O) groups is 2. The Morgan fingerprint density at radius 1 is 1.04 bits per heavy atom. The quantitative estimate of drug-likeness (QED) is 0.809. The zero-order chi connectivity index (χ0) is 17.3. The number of amides is 2. The van der Waals surface area contributed by atoms with Gasteiger partial charge in [-0.05, 0) is 17.7 Å². The minimum absolute atomic E-state index is 0.124. The summed E-state index contributed by atoms with van der Waals surface area (Å²) in [5.74, 6) is -0.546. The lowest BCUT2D eigenvalue weighted by Crippen LogP contribution is -2.48. The summed E-state index contributed by atoms with van der Waals surface area (Å²) in [5.41, 5.74) is 1.61. The number of hydrogen-bond donors (Lipinski definition) is 1. The van der Waals surface area contributed by atoms with Crippen LogP contribution in [0.15, 0.2) is 30.0 Å². The number of benzene rings is 1. The van der Waals surface area contributed by atoms with E-state index in [0.29, 0.717) is 41.5 Å². The molecular formula is C17H20ClN3O3. The molecule has 6 nitrogen and oxygen atoms in total. The van der Waals surface area contributed by atoms with E-state index in [-0.39, 0.29) is 18.4 Å². The lowest BCUT2D eigenvalue weighted by molar-refractivity contribution is -0.136. The van der Waals surface area contributed by atoms with Crippen molar-refractivity contribution < 1.29 is 14.7 Å². The van der Waals surface area contributed by atoms with E-state index in [1.165, 1.54) is 11.9 Å². The molecule has 0 bridgehead atoms. The summed E-state index contributed by atoms with van der Waals surface area (Å²) in [4.78, 5) is 30.4. The van der Waals surface area contributed by atoms with Crippen LogP contribution in [-0.2, 0) is 9.59 Å². The van der Waals surface area contributed by atoms with Crippen molar-refractivity contribution in [1.29, 1.82) is 0 Å². The molecule has 128 valence electrons. The molecule has 0 aromatic heterocycles. The predicted molar refractivity (Wildman–Crippen MR) is 91.2 cm³/mol. The molecule has 2 amide bonds. The number of imide groups is 1. The van der Waals surface area contributed by atoms with Gasteiger partial charge < -0.3 is 10.0 Å². The number of likely N-dealkylation sites (N-methyl/N-ethyl adjacent to an activating group) is 1. The molecule has 3 rings (SSSR count). The van der Waals surface area contributed by atoms with Crippen LogP contribution in [0.4, 0.5) is 0 Å². The van der Waals surface area contributed by atoms with Crippen LogP contribution < -0.4 is 0 Å². The van der Waals surface area contributed by atoms with Crippen molar-refractivity contribution in [3.63, 3.8) is 0 Å². The molecule has 1 aromatic rings. The number of aliphatic hydroxyl groups excluding tert-OH is 1. The number of rotatable bonds is 4. The first kappa shape index (κ1) is 17.0. The summed E-state index contributed by atoms with van der Waals surface area (Å²) in [6.45, 7) is 3.56. The van der Waals surface area contributed by atoms with E-state index in [1.807, 2.05) is 4.90 Å². The molecule has 1 fully saturated rings. The van der Waals surface area contributed by atoms with E-state index in [2.05, 4.69) is 4.90 Å². The fraction of sp³-hybridized carbons (Fsp3) is 0.412. The maximum Gasteiger partial charge on any atom is 0.277 e. The maximum atomic E-state index is 12.6. The van der Waals surface area contributed by atoms with Gasteiger partial charge in [-0.15, -0.1) is 0 Å². The number of piperazine rings is 1. The van der Waals surface area contributed by atoms with Crippen molar-refractivity contribution in [3.05, 3.63) is 40.5 Å². The van der Waals surface area contributed by atoms with Crippen LogP contribution in [0, 0.1) is 0 Å². The average Bonchev–Trinajstić information content (AvgIpc) is 2.81. The van der Waals surface area contributed by atoms with Gasteiger partial charge in [-0.25, -0.2) is 0 Å². The molecule has 0 saturated carbocycles. The molecule has 2 aliphatic rings. The summed E-state index contributed by atoms with van der Waals surface area (Å²) in [7, 11) is 1.51. The first-order chi connectivity index (χ1) is 11.5. The van der Waals surface area contributed by atoms with Crippen LogP contribution >= 0.6 is 11.6 Å². The van der Waals surface area contributed by atoms with Crippen LogP contribution in [0.25, 0.3) is 5.57 Å². The lowest BCUT2D eigenvalue weighted by Gasteiger charge is -2.36. The number of nitrogens with zero attached hydrogens (tertiary/aromatic N) is 3. The van der Waals surface area contributed by atoms with Crippen molar-refractivity contribution in [2.75, 3.05) is 46.4 Å². The highest BCUT2D eigenvalue weighted by Crippen LogP contribution is 2.31. The fourth-order valence-corrected chi connectivity index (χ4v) is 3.26. The second-order valence-corrected chi connectivity index (χ2v) is 6.39. The largest absolute Gasteiger partial charge is 0.395 e. The van der Waals surface area contributed by atoms with Crippen molar-refractivity contribution >= 4 is 29.0 Å². The molecule has 0 atom stereocenters. The predicted octanol–water partition coefficient (Wildman–Crippen LogP) is 0.660. The molecule has 0 aliphatic carbocycles. The van der Waals surface area contributed by atoms with Gasteiger partial charge in [-0.2, -0.15) is 0 Å². The second-order valence-electron chi connectivity index (χ2n) is 5.95. The minimum Gasteiger partial charge on any atom is -0.395 e. The Kier molecular flexibility index (Phi) is 4.89. The third kappa shape index (κ3) is 3.05. The van der Waals surface area contributed by atoms with Crippen molar-refractivity contribution in [2.24, 2.45) is 0 Å². The van der Waals surface area contributed by atoms with Crippen LogP contribution in [-0.4, -0.2) is 78.0 Å². The van der Waals surface area contributed by atoms with Gasteiger partial charge in [0, 0.05) is 44.8 Å². The molecule has 1 aromatic carbocycles. The molecule has 0 unspecified atom stereocenters. The summed E-state index contributed by atoms with van der Waals surface area (Å²) < 4.78 is 0. The van der Waals surface area contributed by atoms with Gasteiger partial charge in [0.2, 0.25) is 0 Å². The molecule has 2 heterocycles. The standard InChI is InChI=1S/C17H20ClN3O3/c1-19-16(23)14(12-2-4-13(18)5-3-12)15(17(19)24)21-8-6-20(7-9-21)10-11-22/h2-5,22H,6-11H2,1H3. The van der Waals surface area contributed by atoms with Crippen molar-refractivity contribution in [2.45, 2.75) is 0 Å². The number of carbonyl (C=O) groups excluding carboxylic acids is 2. The Morgan fingerprint density at radius 3 is 2.25 bits per heavy atom. The highest BCUT2D eigenvalue weighted by molar-refractivity contribution is 6.35. The van der Waals surface area contributed by atoms with Gasteiger partial charge in [-0.1, -0.05) is 23.7 Å². The Bertz CT molecular complexity index is 679. The van der Waals surface area contributed by atoms with E-state index in [1.54, 1.807) is 24.3 Å². The zero-order valence-electron chi connectivity index (χ0n) is 13.5. The Hall–Kier alpha value is -1.89. The van der Waals surface area contributed by atoms with E-state index in [9.17, 15) is 9.59 Å². The Morgan fingerprint density at radius 2 is 1.67 bits per heavy atom. The number of β-amino-alcohol motifs (C(OH)–C–C–N with tert-alkyl or cyclic N) is 1. The Labute approximate surface area is 145 Å². The molecule has 24 heavy (non-hydrogen) atoms. The van der Waals surface area contributed by atoms with Gasteiger partial charge in [0.05, 0.1) is 12.2 Å². The summed E-state index contributed by atoms with van der Waals surface area (Å²) in [5, 5.41) is 9.63. The topological polar surface area (TPSA) is 64.1 Å². The zero-order valence-corrected chi connectivity index (χ0v) is 14.3. The monoisotopic (exact) mass is 349 g/mol. The van der Waals surface area contributed by atoms with Crippen LogP contribution in [0.2, 0.25) is 5.02 Å². The SMILES string of the molecule is CN1C(=O)C(c2ccc(Cl)cc2)=C(N2CCN(CCO)CC2)C1=O. The normalized spacial score (nSPS) is 19.6. The van der Waals surface area contributed by atoms with Crippen molar-refractivity contribution in [1.82, 2.24) is 14.7 Å². The van der Waals surface area contributed by atoms with Crippen LogP contribution in [0.3, 0.4) is 0 Å². The third-order valence-corrected chi connectivity index (χ3v) is 4.75. The smallest absolute Gasteiger partial charge is 0.277 e. The molecule has 1 saturated heterocycles. The van der Waals surface area contributed by atoms with Gasteiger partial charge >= 0.3 is 0 Å². The van der Waals surface area contributed by atoms with Gasteiger partial charge in [-0.3, -0.25) is 19.4 Å². The Balaban J connectivity index is 1.93. The molecule has 7 heteroatoms. The fourth-order valence-electron chi connectivity index (χ4n) is 3.13. The van der Waals surface area contributed by atoms with Crippen LogP contribution in [0.1, 0.15) is 5.56 Å². The van der Waals surface area contributed by atoms with Gasteiger partial charge in [0.15, 0.2) is 0 Å². The highest BCUT2D eigenvalue weighted by atomic mass is 35.5. The number of halogens is 1. The van der Waals surface area contributed by atoms with Crippen molar-refractivity contribution in [3.8, 4) is 0 Å². The molecule has 0 spiro atoms. The summed E-state index contributed by atoms with van der Waals surface area (Å²) in [6.07, 6.45) is 0. The number of aliphatic hydroxyl groups is 1. The summed E-state index contributed by atoms with van der Waals surface area (Å²) >= 11 is 5.93. The molecule has 0 radical (unpaired) electrons.